The number of hydrogen-bond acceptors (Lipinski definition) is 8. The topological polar surface area (TPSA) is 120 Å². The summed E-state index contributed by atoms with van der Waals surface area (Å²) < 4.78 is 18.1. The number of nitrogens with one attached hydrogen (secondary N) is 1. The molecule has 6 rings (SSSR count). The highest BCUT2D eigenvalue weighted by Gasteiger charge is 2.54. The van der Waals surface area contributed by atoms with Crippen molar-refractivity contribution in [2.75, 3.05) is 13.7 Å². The summed E-state index contributed by atoms with van der Waals surface area (Å²) in [5, 5.41) is 3.01. The minimum absolute atomic E-state index is 0.00667. The van der Waals surface area contributed by atoms with Crippen LogP contribution in [0.3, 0.4) is 0 Å². The van der Waals surface area contributed by atoms with Crippen LogP contribution in [0, 0.1) is 17.8 Å². The maximum absolute atomic E-state index is 14.5. The molecule has 1 N–H and O–H groups in total. The largest absolute Gasteiger partial charge is 0.497 e. The summed E-state index contributed by atoms with van der Waals surface area (Å²) in [4.78, 5) is 52.6. The van der Waals surface area contributed by atoms with Gasteiger partial charge in [0, 0.05) is 17.9 Å². The molecule has 3 fully saturated rings. The number of alkyl carbamates (subject to hydrolysis) is 1. The third-order valence-electron chi connectivity index (χ3n) is 10.7. The first kappa shape index (κ1) is 31.5. The lowest BCUT2D eigenvalue weighted by atomic mass is 9.83. The average molecular weight is 621 g/mol. The summed E-state index contributed by atoms with van der Waals surface area (Å²) in [5.41, 5.74) is 1.73. The Balaban J connectivity index is 1.37. The van der Waals surface area contributed by atoms with E-state index < -0.39 is 29.9 Å². The van der Waals surface area contributed by atoms with Crippen molar-refractivity contribution >= 4 is 28.8 Å². The number of fused-ring (bicyclic) bond motifs is 5. The molecular weight excluding hydrogens is 572 g/mol. The van der Waals surface area contributed by atoms with Crippen LogP contribution in [0.2, 0.25) is 0 Å². The first-order chi connectivity index (χ1) is 21.7. The van der Waals surface area contributed by atoms with Crippen LogP contribution in [0.15, 0.2) is 18.2 Å². The molecule has 2 aromatic rings. The van der Waals surface area contributed by atoms with Gasteiger partial charge in [0.15, 0.2) is 5.78 Å². The van der Waals surface area contributed by atoms with E-state index in [2.05, 4.69) is 5.32 Å². The maximum Gasteiger partial charge on any atom is 0.408 e. The number of methoxy groups -OCH3 is 1. The molecular formula is C35H48N4O6. The minimum Gasteiger partial charge on any atom is -0.497 e. The zero-order chi connectivity index (χ0) is 31.7. The molecule has 1 aromatic heterocycles. The molecule has 1 saturated heterocycles. The molecule has 4 aliphatic rings. The number of hydrogen-bond donors (Lipinski definition) is 1. The molecule has 10 heteroatoms. The SMILES string of the molecule is CC[C@@H]1[C@@H]2CN(C(=O)[C@H](C3CCCCC3)NC(=O)O[C@]3(C)C[C@H]3CCCCCc3nc4ccc(OC)cc4nc3O2)[C@@H]1C(C)=O. The van der Waals surface area contributed by atoms with E-state index in [1.165, 1.54) is 0 Å². The summed E-state index contributed by atoms with van der Waals surface area (Å²) in [5.74, 6) is 0.910. The Morgan fingerprint density at radius 1 is 1.07 bits per heavy atom. The fraction of sp³-hybridized carbons (Fsp3) is 0.686. The molecule has 2 aliphatic heterocycles. The predicted octanol–water partition coefficient (Wildman–Crippen LogP) is 5.78. The van der Waals surface area contributed by atoms with Crippen LogP contribution in [0.4, 0.5) is 4.79 Å². The lowest BCUT2D eigenvalue weighted by Gasteiger charge is -2.35. The Labute approximate surface area is 266 Å². The fourth-order valence-electron chi connectivity index (χ4n) is 8.04. The quantitative estimate of drug-likeness (QED) is 0.457. The molecule has 2 bridgehead atoms. The second kappa shape index (κ2) is 13.1. The van der Waals surface area contributed by atoms with E-state index in [4.69, 9.17) is 24.2 Å². The van der Waals surface area contributed by atoms with Gasteiger partial charge in [-0.1, -0.05) is 39.0 Å². The van der Waals surface area contributed by atoms with Crippen molar-refractivity contribution in [1.82, 2.24) is 20.2 Å². The van der Waals surface area contributed by atoms with E-state index in [0.717, 1.165) is 75.4 Å². The number of ether oxygens (including phenoxy) is 3. The van der Waals surface area contributed by atoms with Crippen LogP contribution < -0.4 is 14.8 Å². The molecule has 0 spiro atoms. The zero-order valence-corrected chi connectivity index (χ0v) is 27.2. The van der Waals surface area contributed by atoms with Gasteiger partial charge in [-0.3, -0.25) is 9.59 Å². The predicted molar refractivity (Wildman–Crippen MR) is 169 cm³/mol. The number of aromatic nitrogens is 2. The second-order valence-corrected chi connectivity index (χ2v) is 13.8. The van der Waals surface area contributed by atoms with Crippen LogP contribution >= 0.6 is 0 Å². The Kier molecular flexibility index (Phi) is 9.20. The second-order valence-electron chi connectivity index (χ2n) is 13.8. The van der Waals surface area contributed by atoms with Gasteiger partial charge in [0.05, 0.1) is 30.7 Å². The molecule has 6 atom stereocenters. The van der Waals surface area contributed by atoms with Gasteiger partial charge in [-0.15, -0.1) is 0 Å². The summed E-state index contributed by atoms with van der Waals surface area (Å²) in [6, 6.07) is 4.24. The van der Waals surface area contributed by atoms with Crippen molar-refractivity contribution in [1.29, 1.82) is 0 Å². The normalized spacial score (nSPS) is 31.5. The van der Waals surface area contributed by atoms with Crippen molar-refractivity contribution < 1.29 is 28.6 Å². The summed E-state index contributed by atoms with van der Waals surface area (Å²) in [6.07, 6.45) is 9.99. The van der Waals surface area contributed by atoms with Gasteiger partial charge in [0.2, 0.25) is 11.8 Å². The number of ketones is 1. The van der Waals surface area contributed by atoms with E-state index in [0.29, 0.717) is 35.9 Å². The standard InChI is InChI=1S/C35H48N4O6/c1-5-25-29-20-39(31(25)21(2)40)33(41)30(22-12-8-6-9-13-22)38-34(42)45-35(3)19-23(35)14-10-7-11-15-27-32(44-29)37-28-18-24(43-4)16-17-26(28)36-27/h16-18,22-23,25,29-31H,5-15,19-20H2,1-4H3,(H,38,42)/t23-,25-,29+,30+,31-,35-/m1/s1. The first-order valence-corrected chi connectivity index (χ1v) is 17.0. The third kappa shape index (κ3) is 6.61. The highest BCUT2D eigenvalue weighted by molar-refractivity contribution is 5.92. The van der Waals surface area contributed by atoms with Gasteiger partial charge >= 0.3 is 6.09 Å². The Bertz CT molecular complexity index is 1430. The van der Waals surface area contributed by atoms with Crippen molar-refractivity contribution in [3.8, 4) is 11.6 Å². The number of aryl methyl sites for hydroxylation is 1. The Morgan fingerprint density at radius 2 is 1.82 bits per heavy atom. The number of amides is 2. The van der Waals surface area contributed by atoms with E-state index in [1.807, 2.05) is 32.0 Å². The number of carbonyl (C=O) groups excluding carboxylic acids is 3. The molecule has 2 saturated carbocycles. The summed E-state index contributed by atoms with van der Waals surface area (Å²) in [6.45, 7) is 5.81. The fourth-order valence-corrected chi connectivity index (χ4v) is 8.04. The monoisotopic (exact) mass is 620 g/mol. The van der Waals surface area contributed by atoms with E-state index >= 15 is 0 Å². The number of carbonyl (C=O) groups is 3. The molecule has 3 heterocycles. The molecule has 2 amide bonds. The van der Waals surface area contributed by atoms with Crippen molar-refractivity contribution in [2.45, 2.75) is 122 Å². The first-order valence-electron chi connectivity index (χ1n) is 17.0. The molecule has 2 aliphatic carbocycles. The van der Waals surface area contributed by atoms with Crippen molar-refractivity contribution in [3.63, 3.8) is 0 Å². The van der Waals surface area contributed by atoms with Gasteiger partial charge in [0.25, 0.3) is 0 Å². The van der Waals surface area contributed by atoms with Crippen LogP contribution in [0.1, 0.15) is 97.1 Å². The molecule has 45 heavy (non-hydrogen) atoms. The number of benzene rings is 1. The van der Waals surface area contributed by atoms with E-state index in [9.17, 15) is 14.4 Å². The smallest absolute Gasteiger partial charge is 0.408 e. The Hall–Kier alpha value is -3.43. The average Bonchev–Trinajstić information content (AvgIpc) is 3.51. The maximum atomic E-state index is 14.5. The van der Waals surface area contributed by atoms with Crippen LogP contribution in [-0.4, -0.2) is 70.1 Å². The van der Waals surface area contributed by atoms with Crippen LogP contribution in [-0.2, 0) is 20.7 Å². The van der Waals surface area contributed by atoms with Gasteiger partial charge in [-0.05, 0) is 76.8 Å². The molecule has 0 radical (unpaired) electrons. The summed E-state index contributed by atoms with van der Waals surface area (Å²) in [7, 11) is 1.62. The van der Waals surface area contributed by atoms with E-state index in [-0.39, 0.29) is 30.1 Å². The molecule has 0 unspecified atom stereocenters. The van der Waals surface area contributed by atoms with Crippen molar-refractivity contribution in [3.05, 3.63) is 23.9 Å². The van der Waals surface area contributed by atoms with Gasteiger partial charge < -0.3 is 24.4 Å². The Morgan fingerprint density at radius 3 is 2.56 bits per heavy atom. The van der Waals surface area contributed by atoms with Crippen molar-refractivity contribution in [2.24, 2.45) is 17.8 Å². The minimum atomic E-state index is -0.751. The lowest BCUT2D eigenvalue weighted by Crippen LogP contribution is -2.55. The van der Waals surface area contributed by atoms with Gasteiger partial charge in [-0.25, -0.2) is 14.8 Å². The summed E-state index contributed by atoms with van der Waals surface area (Å²) >= 11 is 0. The highest BCUT2D eigenvalue weighted by atomic mass is 16.6. The van der Waals surface area contributed by atoms with Gasteiger partial charge in [-0.2, -0.15) is 0 Å². The number of nitrogens with zero attached hydrogens (tertiary/aromatic N) is 3. The zero-order valence-electron chi connectivity index (χ0n) is 27.2. The van der Waals surface area contributed by atoms with Gasteiger partial charge in [0.1, 0.15) is 29.2 Å². The molecule has 1 aromatic carbocycles. The lowest BCUT2D eigenvalue weighted by molar-refractivity contribution is -0.140. The third-order valence-corrected chi connectivity index (χ3v) is 10.7. The molecule has 10 nitrogen and oxygen atoms in total. The number of rotatable bonds is 4. The molecule has 244 valence electrons. The number of Topliss-reactive ketones (excluding diaryl/α,β-unsaturated/α-hetero) is 1. The van der Waals surface area contributed by atoms with E-state index in [1.54, 1.807) is 18.9 Å². The highest BCUT2D eigenvalue weighted by Crippen LogP contribution is 2.49. The van der Waals surface area contributed by atoms with Crippen LogP contribution in [0.25, 0.3) is 11.0 Å². The van der Waals surface area contributed by atoms with Crippen LogP contribution in [0.5, 0.6) is 11.6 Å².